The van der Waals surface area contributed by atoms with E-state index in [4.69, 9.17) is 0 Å². The summed E-state index contributed by atoms with van der Waals surface area (Å²) in [6.45, 7) is 3.81. The number of aliphatic hydroxyl groups excluding tert-OH is 1. The van der Waals surface area contributed by atoms with Crippen LogP contribution < -0.4 is 0 Å². The lowest BCUT2D eigenvalue weighted by molar-refractivity contribution is -0.137. The molecule has 0 amide bonds. The Balaban J connectivity index is 2.30. The lowest BCUT2D eigenvalue weighted by Crippen LogP contribution is -2.05. The molecule has 1 heterocycles. The molecule has 5 heteroatoms. The molecule has 102 valence electrons. The fourth-order valence-electron chi connectivity index (χ4n) is 1.94. The Hall–Kier alpha value is -1.33. The maximum Gasteiger partial charge on any atom is 0.416 e. The van der Waals surface area contributed by atoms with Gasteiger partial charge in [-0.25, -0.2) is 0 Å². The first-order chi connectivity index (χ1) is 8.79. The van der Waals surface area contributed by atoms with Gasteiger partial charge in [0.2, 0.25) is 0 Å². The maximum atomic E-state index is 12.5. The zero-order valence-corrected chi connectivity index (χ0v) is 11.3. The first-order valence-electron chi connectivity index (χ1n) is 5.71. The van der Waals surface area contributed by atoms with Crippen molar-refractivity contribution < 1.29 is 18.3 Å². The predicted molar refractivity (Wildman–Crippen MR) is 69.3 cm³/mol. The van der Waals surface area contributed by atoms with Gasteiger partial charge in [0.15, 0.2) is 0 Å². The molecule has 0 radical (unpaired) electrons. The van der Waals surface area contributed by atoms with Crippen LogP contribution >= 0.6 is 11.3 Å². The van der Waals surface area contributed by atoms with Crippen LogP contribution in [-0.4, -0.2) is 5.11 Å². The summed E-state index contributed by atoms with van der Waals surface area (Å²) < 4.78 is 37.4. The van der Waals surface area contributed by atoms with E-state index in [-0.39, 0.29) is 0 Å². The monoisotopic (exact) mass is 286 g/mol. The van der Waals surface area contributed by atoms with Gasteiger partial charge in [-0.05, 0) is 43.2 Å². The molecular weight excluding hydrogens is 273 g/mol. The Morgan fingerprint density at radius 2 is 1.68 bits per heavy atom. The Morgan fingerprint density at radius 1 is 1.11 bits per heavy atom. The van der Waals surface area contributed by atoms with Crippen molar-refractivity contribution in [3.8, 4) is 0 Å². The van der Waals surface area contributed by atoms with E-state index >= 15 is 0 Å². The minimum Gasteiger partial charge on any atom is -0.383 e. The highest BCUT2D eigenvalue weighted by atomic mass is 32.1. The average Bonchev–Trinajstić information content (AvgIpc) is 2.66. The van der Waals surface area contributed by atoms with E-state index < -0.39 is 17.8 Å². The first kappa shape index (κ1) is 14.1. The molecule has 2 rings (SSSR count). The van der Waals surface area contributed by atoms with E-state index in [1.807, 2.05) is 19.9 Å². The number of rotatable bonds is 2. The minimum atomic E-state index is -4.35. The van der Waals surface area contributed by atoms with Crippen molar-refractivity contribution >= 4 is 11.3 Å². The van der Waals surface area contributed by atoms with Gasteiger partial charge >= 0.3 is 6.18 Å². The molecule has 1 unspecified atom stereocenters. The quantitative estimate of drug-likeness (QED) is 0.864. The van der Waals surface area contributed by atoms with E-state index in [0.717, 1.165) is 27.5 Å². The van der Waals surface area contributed by atoms with Crippen molar-refractivity contribution in [1.82, 2.24) is 0 Å². The number of hydrogen-bond acceptors (Lipinski definition) is 2. The van der Waals surface area contributed by atoms with Crippen molar-refractivity contribution in [2.75, 3.05) is 0 Å². The summed E-state index contributed by atoms with van der Waals surface area (Å²) in [6, 6.07) is 6.58. The lowest BCUT2D eigenvalue weighted by Gasteiger charge is -2.12. The third kappa shape index (κ3) is 2.98. The smallest absolute Gasteiger partial charge is 0.383 e. The van der Waals surface area contributed by atoms with Crippen LogP contribution in [0.2, 0.25) is 0 Å². The molecule has 0 saturated carbocycles. The summed E-state index contributed by atoms with van der Waals surface area (Å²) in [4.78, 5) is 1.84. The van der Waals surface area contributed by atoms with Gasteiger partial charge in [-0.15, -0.1) is 11.3 Å². The predicted octanol–water partition coefficient (Wildman–Crippen LogP) is 4.47. The van der Waals surface area contributed by atoms with Crippen LogP contribution in [0.15, 0.2) is 30.3 Å². The van der Waals surface area contributed by atoms with E-state index in [2.05, 4.69) is 0 Å². The van der Waals surface area contributed by atoms with Crippen LogP contribution in [-0.2, 0) is 6.18 Å². The zero-order chi connectivity index (χ0) is 14.2. The largest absolute Gasteiger partial charge is 0.416 e. The molecule has 0 aliphatic rings. The number of aliphatic hydroxyl groups is 1. The molecule has 0 bridgehead atoms. The van der Waals surface area contributed by atoms with Gasteiger partial charge in [0.1, 0.15) is 6.10 Å². The molecule has 19 heavy (non-hydrogen) atoms. The van der Waals surface area contributed by atoms with Crippen molar-refractivity contribution in [3.05, 3.63) is 56.8 Å². The van der Waals surface area contributed by atoms with Gasteiger partial charge in [-0.1, -0.05) is 12.1 Å². The normalized spacial score (nSPS) is 13.6. The molecular formula is C14H13F3OS. The summed E-state index contributed by atoms with van der Waals surface area (Å²) in [7, 11) is 0. The summed E-state index contributed by atoms with van der Waals surface area (Å²) >= 11 is 1.45. The fourth-order valence-corrected chi connectivity index (χ4v) is 2.99. The van der Waals surface area contributed by atoms with E-state index in [1.54, 1.807) is 0 Å². The number of alkyl halides is 3. The van der Waals surface area contributed by atoms with Crippen molar-refractivity contribution in [1.29, 1.82) is 0 Å². The highest BCUT2D eigenvalue weighted by molar-refractivity contribution is 7.12. The van der Waals surface area contributed by atoms with Crippen LogP contribution in [0.4, 0.5) is 13.2 Å². The minimum absolute atomic E-state index is 0.470. The van der Waals surface area contributed by atoms with Crippen LogP contribution in [0.3, 0.4) is 0 Å². The molecule has 0 spiro atoms. The van der Waals surface area contributed by atoms with E-state index in [9.17, 15) is 18.3 Å². The second-order valence-corrected chi connectivity index (χ2v) is 5.71. The Kier molecular flexibility index (Phi) is 3.69. The van der Waals surface area contributed by atoms with E-state index in [0.29, 0.717) is 5.56 Å². The first-order valence-corrected chi connectivity index (χ1v) is 6.53. The number of thiophene rings is 1. The van der Waals surface area contributed by atoms with Gasteiger partial charge in [-0.2, -0.15) is 13.2 Å². The SMILES string of the molecule is Cc1cc(C)c(C(O)c2ccc(C(F)(F)F)cc2)s1. The molecule has 1 aromatic carbocycles. The molecule has 0 aliphatic carbocycles. The number of hydrogen-bond donors (Lipinski definition) is 1. The fraction of sp³-hybridized carbons (Fsp3) is 0.286. The third-order valence-electron chi connectivity index (χ3n) is 2.88. The molecule has 2 aromatic rings. The number of aryl methyl sites for hydroxylation is 2. The third-order valence-corrected chi connectivity index (χ3v) is 4.09. The Morgan fingerprint density at radius 3 is 2.11 bits per heavy atom. The standard InChI is InChI=1S/C14H13F3OS/c1-8-7-9(2)19-13(8)12(18)10-3-5-11(6-4-10)14(15,16)17/h3-7,12,18H,1-2H3. The van der Waals surface area contributed by atoms with Crippen LogP contribution in [0, 0.1) is 13.8 Å². The Labute approximate surface area is 113 Å². The van der Waals surface area contributed by atoms with Gasteiger partial charge in [-0.3, -0.25) is 0 Å². The summed E-state index contributed by atoms with van der Waals surface area (Å²) in [5.41, 5.74) is 0.718. The highest BCUT2D eigenvalue weighted by Gasteiger charge is 2.30. The second kappa shape index (κ2) is 4.98. The lowest BCUT2D eigenvalue weighted by atomic mass is 10.0. The van der Waals surface area contributed by atoms with Crippen LogP contribution in [0.25, 0.3) is 0 Å². The van der Waals surface area contributed by atoms with Crippen molar-refractivity contribution in [3.63, 3.8) is 0 Å². The van der Waals surface area contributed by atoms with Crippen LogP contribution in [0.1, 0.15) is 32.5 Å². The number of benzene rings is 1. The molecule has 0 saturated heterocycles. The summed E-state index contributed by atoms with van der Waals surface area (Å²) in [5.74, 6) is 0. The molecule has 0 fully saturated rings. The molecule has 1 aromatic heterocycles. The van der Waals surface area contributed by atoms with Gasteiger partial charge in [0.05, 0.1) is 5.56 Å². The van der Waals surface area contributed by atoms with Crippen molar-refractivity contribution in [2.24, 2.45) is 0 Å². The van der Waals surface area contributed by atoms with Crippen molar-refractivity contribution in [2.45, 2.75) is 26.1 Å². The highest BCUT2D eigenvalue weighted by Crippen LogP contribution is 2.34. The molecule has 1 nitrogen and oxygen atoms in total. The number of halogens is 3. The van der Waals surface area contributed by atoms with Gasteiger partial charge in [0, 0.05) is 9.75 Å². The summed E-state index contributed by atoms with van der Waals surface area (Å²) in [6.07, 6.45) is -5.22. The molecule has 1 N–H and O–H groups in total. The zero-order valence-electron chi connectivity index (χ0n) is 10.5. The maximum absolute atomic E-state index is 12.5. The van der Waals surface area contributed by atoms with Gasteiger partial charge in [0.25, 0.3) is 0 Å². The Bertz CT molecular complexity index is 569. The topological polar surface area (TPSA) is 20.2 Å². The molecule has 0 aliphatic heterocycles. The van der Waals surface area contributed by atoms with Crippen LogP contribution in [0.5, 0.6) is 0 Å². The average molecular weight is 286 g/mol. The second-order valence-electron chi connectivity index (χ2n) is 4.43. The summed E-state index contributed by atoms with van der Waals surface area (Å²) in [5, 5.41) is 10.2. The van der Waals surface area contributed by atoms with E-state index in [1.165, 1.54) is 23.5 Å². The van der Waals surface area contributed by atoms with Gasteiger partial charge < -0.3 is 5.11 Å². The molecule has 1 atom stereocenters.